The Morgan fingerprint density at radius 3 is 2.95 bits per heavy atom. The highest BCUT2D eigenvalue weighted by molar-refractivity contribution is 7.99. The molecule has 0 atom stereocenters. The lowest BCUT2D eigenvalue weighted by molar-refractivity contribution is -0.120. The zero-order valence-corrected chi connectivity index (χ0v) is 11.9. The number of rotatable bonds is 5. The van der Waals surface area contributed by atoms with E-state index in [1.165, 1.54) is 0 Å². The minimum absolute atomic E-state index is 0.0230. The molecule has 1 aliphatic heterocycles. The van der Waals surface area contributed by atoms with Gasteiger partial charge in [0.25, 0.3) is 0 Å². The lowest BCUT2D eigenvalue weighted by Crippen LogP contribution is -2.33. The van der Waals surface area contributed by atoms with Crippen LogP contribution in [0.5, 0.6) is 0 Å². The predicted molar refractivity (Wildman–Crippen MR) is 78.7 cm³/mol. The number of carbonyl (C=O) groups is 1. The predicted octanol–water partition coefficient (Wildman–Crippen LogP) is 0.578. The second kappa shape index (κ2) is 7.18. The van der Waals surface area contributed by atoms with Crippen LogP contribution < -0.4 is 15.5 Å². The number of carbonyl (C=O) groups excluding carboxylic acids is 1. The van der Waals surface area contributed by atoms with Crippen molar-refractivity contribution in [2.24, 2.45) is 0 Å². The molecular weight excluding hydrogens is 262 g/mol. The van der Waals surface area contributed by atoms with E-state index < -0.39 is 0 Å². The smallest absolute Gasteiger partial charge is 0.221 e. The third-order valence-electron chi connectivity index (χ3n) is 2.92. The highest BCUT2D eigenvalue weighted by atomic mass is 32.2. The van der Waals surface area contributed by atoms with Crippen LogP contribution in [0.25, 0.3) is 0 Å². The van der Waals surface area contributed by atoms with Crippen molar-refractivity contribution < 1.29 is 4.79 Å². The lowest BCUT2D eigenvalue weighted by atomic mass is 10.4. The number of thioether (sulfide) groups is 1. The summed E-state index contributed by atoms with van der Waals surface area (Å²) in [5, 5.41) is 5.74. The second-order valence-electron chi connectivity index (χ2n) is 4.21. The van der Waals surface area contributed by atoms with Crippen molar-refractivity contribution in [2.45, 2.75) is 6.42 Å². The Labute approximate surface area is 117 Å². The van der Waals surface area contributed by atoms with Crippen LogP contribution >= 0.6 is 11.8 Å². The van der Waals surface area contributed by atoms with E-state index in [4.69, 9.17) is 0 Å². The fraction of sp³-hybridized carbons (Fsp3) is 0.583. The van der Waals surface area contributed by atoms with Crippen molar-refractivity contribution in [3.63, 3.8) is 0 Å². The van der Waals surface area contributed by atoms with Crippen LogP contribution in [0.1, 0.15) is 6.42 Å². The van der Waals surface area contributed by atoms with Gasteiger partial charge in [-0.15, -0.1) is 0 Å². The Hall–Kier alpha value is -1.50. The fourth-order valence-electron chi connectivity index (χ4n) is 1.84. The largest absolute Gasteiger partial charge is 0.369 e. The summed E-state index contributed by atoms with van der Waals surface area (Å²) in [5.41, 5.74) is 0. The summed E-state index contributed by atoms with van der Waals surface area (Å²) in [6.45, 7) is 2.63. The van der Waals surface area contributed by atoms with Crippen molar-refractivity contribution >= 4 is 29.3 Å². The maximum atomic E-state index is 11.1. The van der Waals surface area contributed by atoms with Crippen molar-refractivity contribution in [3.8, 4) is 0 Å². The van der Waals surface area contributed by atoms with Gasteiger partial charge in [0.2, 0.25) is 5.91 Å². The maximum absolute atomic E-state index is 11.1. The minimum Gasteiger partial charge on any atom is -0.369 e. The molecule has 2 heterocycles. The van der Waals surface area contributed by atoms with Crippen LogP contribution in [-0.4, -0.2) is 54.1 Å². The summed E-state index contributed by atoms with van der Waals surface area (Å²) >= 11 is 1.97. The molecule has 2 rings (SSSR count). The molecule has 7 heteroatoms. The molecule has 104 valence electrons. The molecule has 0 bridgehead atoms. The van der Waals surface area contributed by atoms with Crippen LogP contribution in [0.3, 0.4) is 0 Å². The van der Waals surface area contributed by atoms with Gasteiger partial charge in [-0.1, -0.05) is 0 Å². The number of anilines is 2. The second-order valence-corrected chi connectivity index (χ2v) is 5.44. The normalized spacial score (nSPS) is 15.1. The molecule has 1 aromatic heterocycles. The zero-order chi connectivity index (χ0) is 13.5. The molecule has 0 aromatic carbocycles. The Kier molecular flexibility index (Phi) is 5.26. The summed E-state index contributed by atoms with van der Waals surface area (Å²) in [4.78, 5) is 21.9. The quantitative estimate of drug-likeness (QED) is 0.822. The van der Waals surface area contributed by atoms with Gasteiger partial charge in [0.1, 0.15) is 18.0 Å². The highest BCUT2D eigenvalue weighted by Gasteiger charge is 2.12. The molecule has 6 nitrogen and oxygen atoms in total. The van der Waals surface area contributed by atoms with E-state index in [1.807, 2.05) is 17.8 Å². The average molecular weight is 281 g/mol. The van der Waals surface area contributed by atoms with Gasteiger partial charge in [0.15, 0.2) is 0 Å². The van der Waals surface area contributed by atoms with Crippen molar-refractivity contribution in [1.82, 2.24) is 15.3 Å². The molecule has 0 saturated carbocycles. The first-order valence-electron chi connectivity index (χ1n) is 6.39. The number of hydrogen-bond donors (Lipinski definition) is 2. The molecule has 0 radical (unpaired) electrons. The van der Waals surface area contributed by atoms with Crippen LogP contribution in [0.15, 0.2) is 12.4 Å². The Balaban J connectivity index is 1.89. The van der Waals surface area contributed by atoms with E-state index in [9.17, 15) is 4.79 Å². The number of amides is 1. The molecule has 1 saturated heterocycles. The van der Waals surface area contributed by atoms with E-state index in [2.05, 4.69) is 25.5 Å². The fourth-order valence-corrected chi connectivity index (χ4v) is 2.74. The lowest BCUT2D eigenvalue weighted by Gasteiger charge is -2.27. The summed E-state index contributed by atoms with van der Waals surface area (Å²) in [7, 11) is 1.64. The molecule has 19 heavy (non-hydrogen) atoms. The van der Waals surface area contributed by atoms with E-state index in [0.29, 0.717) is 13.0 Å². The zero-order valence-electron chi connectivity index (χ0n) is 11.1. The van der Waals surface area contributed by atoms with Crippen LogP contribution in [0.4, 0.5) is 11.6 Å². The highest BCUT2D eigenvalue weighted by Crippen LogP contribution is 2.18. The number of hydrogen-bond acceptors (Lipinski definition) is 6. The van der Waals surface area contributed by atoms with Gasteiger partial charge in [0, 0.05) is 50.7 Å². The molecule has 2 N–H and O–H groups in total. The molecule has 1 aromatic rings. The topological polar surface area (TPSA) is 70.2 Å². The van der Waals surface area contributed by atoms with Crippen LogP contribution in [-0.2, 0) is 4.79 Å². The maximum Gasteiger partial charge on any atom is 0.221 e. The monoisotopic (exact) mass is 281 g/mol. The molecule has 1 aliphatic rings. The standard InChI is InChI=1S/C12H19N5OS/c1-13-12(18)2-3-14-10-8-11(16-9-15-10)17-4-6-19-7-5-17/h8-9H,2-7H2,1H3,(H,13,18)(H,14,15,16). The van der Waals surface area contributed by atoms with Crippen molar-refractivity contribution in [3.05, 3.63) is 12.4 Å². The molecule has 1 amide bonds. The summed E-state index contributed by atoms with van der Waals surface area (Å²) < 4.78 is 0. The van der Waals surface area contributed by atoms with Crippen LogP contribution in [0.2, 0.25) is 0 Å². The Bertz CT molecular complexity index is 422. The Morgan fingerprint density at radius 1 is 1.42 bits per heavy atom. The molecule has 1 fully saturated rings. The van der Waals surface area contributed by atoms with Gasteiger partial charge >= 0.3 is 0 Å². The van der Waals surface area contributed by atoms with Gasteiger partial charge in [-0.2, -0.15) is 11.8 Å². The van der Waals surface area contributed by atoms with E-state index in [1.54, 1.807) is 13.4 Å². The number of nitrogens with one attached hydrogen (secondary N) is 2. The summed E-state index contributed by atoms with van der Waals surface area (Å²) in [5.74, 6) is 4.03. The van der Waals surface area contributed by atoms with E-state index >= 15 is 0 Å². The number of nitrogens with zero attached hydrogens (tertiary/aromatic N) is 3. The van der Waals surface area contributed by atoms with Gasteiger partial charge in [-0.25, -0.2) is 9.97 Å². The van der Waals surface area contributed by atoms with Gasteiger partial charge in [-0.05, 0) is 0 Å². The van der Waals surface area contributed by atoms with Gasteiger partial charge in [0.05, 0.1) is 0 Å². The van der Waals surface area contributed by atoms with Gasteiger partial charge in [-0.3, -0.25) is 4.79 Å². The first-order valence-corrected chi connectivity index (χ1v) is 7.54. The Morgan fingerprint density at radius 2 is 2.21 bits per heavy atom. The molecule has 0 spiro atoms. The number of aromatic nitrogens is 2. The molecule has 0 unspecified atom stereocenters. The summed E-state index contributed by atoms with van der Waals surface area (Å²) in [6.07, 6.45) is 2.01. The minimum atomic E-state index is 0.0230. The molecule has 0 aliphatic carbocycles. The van der Waals surface area contributed by atoms with Crippen molar-refractivity contribution in [2.75, 3.05) is 48.4 Å². The third kappa shape index (κ3) is 4.27. The first kappa shape index (κ1) is 13.9. The summed E-state index contributed by atoms with van der Waals surface area (Å²) in [6, 6.07) is 1.94. The molecular formula is C12H19N5OS. The van der Waals surface area contributed by atoms with Gasteiger partial charge < -0.3 is 15.5 Å². The van der Waals surface area contributed by atoms with E-state index in [-0.39, 0.29) is 5.91 Å². The van der Waals surface area contributed by atoms with Crippen molar-refractivity contribution in [1.29, 1.82) is 0 Å². The van der Waals surface area contributed by atoms with E-state index in [0.717, 1.165) is 36.2 Å². The SMILES string of the molecule is CNC(=O)CCNc1cc(N2CCSCC2)ncn1. The average Bonchev–Trinajstić information content (AvgIpc) is 2.48. The first-order chi connectivity index (χ1) is 9.29. The van der Waals surface area contributed by atoms with Crippen LogP contribution in [0, 0.1) is 0 Å². The third-order valence-corrected chi connectivity index (χ3v) is 3.87.